The number of amides is 1. The minimum atomic E-state index is 0.103. The van der Waals surface area contributed by atoms with Gasteiger partial charge in [-0.2, -0.15) is 0 Å². The number of hydrogen-bond acceptors (Lipinski definition) is 1. The Balaban J connectivity index is 1.87. The maximum absolute atomic E-state index is 12.2. The molecule has 0 fully saturated rings. The number of para-hydroxylation sites is 1. The van der Waals surface area contributed by atoms with Crippen LogP contribution in [0.25, 0.3) is 0 Å². The SMILES string of the molecule is CC[C@@H](C)c1ccccc1NC(=O)CCCc1ccccc1. The summed E-state index contributed by atoms with van der Waals surface area (Å²) in [6.45, 7) is 4.36. The molecule has 2 aromatic rings. The van der Waals surface area contributed by atoms with Crippen molar-refractivity contribution in [3.63, 3.8) is 0 Å². The van der Waals surface area contributed by atoms with Crippen LogP contribution >= 0.6 is 0 Å². The predicted molar refractivity (Wildman–Crippen MR) is 93.2 cm³/mol. The van der Waals surface area contributed by atoms with Crippen molar-refractivity contribution in [2.45, 2.75) is 45.4 Å². The first-order valence-corrected chi connectivity index (χ1v) is 8.13. The van der Waals surface area contributed by atoms with E-state index in [9.17, 15) is 4.79 Å². The fourth-order valence-electron chi connectivity index (χ4n) is 2.57. The van der Waals surface area contributed by atoms with Crippen molar-refractivity contribution in [1.29, 1.82) is 0 Å². The maximum atomic E-state index is 12.2. The molecule has 0 bridgehead atoms. The summed E-state index contributed by atoms with van der Waals surface area (Å²) in [6.07, 6.45) is 3.45. The van der Waals surface area contributed by atoms with E-state index in [0.29, 0.717) is 12.3 Å². The second-order valence-electron chi connectivity index (χ2n) is 5.78. The molecule has 2 heteroatoms. The molecule has 22 heavy (non-hydrogen) atoms. The van der Waals surface area contributed by atoms with E-state index in [1.54, 1.807) is 0 Å². The average Bonchev–Trinajstić information content (AvgIpc) is 2.55. The normalized spacial score (nSPS) is 11.9. The quantitative estimate of drug-likeness (QED) is 0.751. The topological polar surface area (TPSA) is 29.1 Å². The minimum absolute atomic E-state index is 0.103. The van der Waals surface area contributed by atoms with Gasteiger partial charge in [-0.25, -0.2) is 0 Å². The zero-order valence-corrected chi connectivity index (χ0v) is 13.5. The lowest BCUT2D eigenvalue weighted by Gasteiger charge is -2.15. The van der Waals surface area contributed by atoms with Crippen LogP contribution in [0.1, 0.15) is 50.2 Å². The first-order valence-electron chi connectivity index (χ1n) is 8.13. The molecule has 0 aliphatic carbocycles. The van der Waals surface area contributed by atoms with Crippen molar-refractivity contribution in [2.75, 3.05) is 5.32 Å². The summed E-state index contributed by atoms with van der Waals surface area (Å²) >= 11 is 0. The second-order valence-corrected chi connectivity index (χ2v) is 5.78. The van der Waals surface area contributed by atoms with Crippen LogP contribution in [0, 0.1) is 0 Å². The van der Waals surface area contributed by atoms with Crippen LogP contribution in [0.3, 0.4) is 0 Å². The van der Waals surface area contributed by atoms with E-state index >= 15 is 0 Å². The molecule has 0 saturated carbocycles. The number of hydrogen-bond donors (Lipinski definition) is 1. The molecule has 1 amide bonds. The molecule has 1 N–H and O–H groups in total. The lowest BCUT2D eigenvalue weighted by molar-refractivity contribution is -0.116. The summed E-state index contributed by atoms with van der Waals surface area (Å²) < 4.78 is 0. The molecule has 1 atom stereocenters. The Morgan fingerprint density at radius 1 is 1.05 bits per heavy atom. The van der Waals surface area contributed by atoms with Crippen LogP contribution in [0.5, 0.6) is 0 Å². The van der Waals surface area contributed by atoms with Gasteiger partial charge in [0.2, 0.25) is 5.91 Å². The summed E-state index contributed by atoms with van der Waals surface area (Å²) in [7, 11) is 0. The number of rotatable bonds is 7. The number of carbonyl (C=O) groups is 1. The van der Waals surface area contributed by atoms with E-state index in [-0.39, 0.29) is 5.91 Å². The van der Waals surface area contributed by atoms with Crippen LogP contribution in [0.15, 0.2) is 54.6 Å². The fourth-order valence-corrected chi connectivity index (χ4v) is 2.57. The predicted octanol–water partition coefficient (Wildman–Crippen LogP) is 5.16. The first kappa shape index (κ1) is 16.3. The van der Waals surface area contributed by atoms with Gasteiger partial charge in [0.15, 0.2) is 0 Å². The number of nitrogens with one attached hydrogen (secondary N) is 1. The molecule has 116 valence electrons. The summed E-state index contributed by atoms with van der Waals surface area (Å²) in [5.74, 6) is 0.563. The molecule has 0 unspecified atom stereocenters. The van der Waals surface area contributed by atoms with Gasteiger partial charge in [-0.1, -0.05) is 62.4 Å². The van der Waals surface area contributed by atoms with E-state index in [0.717, 1.165) is 24.9 Å². The second kappa shape index (κ2) is 8.38. The Kier molecular flexibility index (Phi) is 6.20. The molecule has 0 aliphatic heterocycles. The smallest absolute Gasteiger partial charge is 0.224 e. The molecule has 0 spiro atoms. The molecule has 0 radical (unpaired) electrons. The molecule has 2 rings (SSSR count). The highest BCUT2D eigenvalue weighted by atomic mass is 16.1. The van der Waals surface area contributed by atoms with Gasteiger partial charge in [0.25, 0.3) is 0 Å². The van der Waals surface area contributed by atoms with Gasteiger partial charge in [-0.15, -0.1) is 0 Å². The third-order valence-electron chi connectivity index (χ3n) is 4.09. The Bertz CT molecular complexity index is 592. The van der Waals surface area contributed by atoms with Crippen LogP contribution in [0.2, 0.25) is 0 Å². The van der Waals surface area contributed by atoms with Gasteiger partial charge in [-0.3, -0.25) is 4.79 Å². The molecule has 0 aromatic heterocycles. The Morgan fingerprint density at radius 3 is 2.45 bits per heavy atom. The van der Waals surface area contributed by atoms with Gasteiger partial charge in [-0.05, 0) is 42.4 Å². The molecule has 0 heterocycles. The summed E-state index contributed by atoms with van der Waals surface area (Å²) in [4.78, 5) is 12.2. The Labute approximate surface area is 133 Å². The molecule has 2 aromatic carbocycles. The van der Waals surface area contributed by atoms with Gasteiger partial charge in [0.1, 0.15) is 0 Å². The third-order valence-corrected chi connectivity index (χ3v) is 4.09. The molecule has 2 nitrogen and oxygen atoms in total. The lowest BCUT2D eigenvalue weighted by atomic mass is 9.97. The largest absolute Gasteiger partial charge is 0.326 e. The summed E-state index contributed by atoms with van der Waals surface area (Å²) in [5, 5.41) is 3.07. The van der Waals surface area contributed by atoms with Crippen molar-refractivity contribution in [3.8, 4) is 0 Å². The number of anilines is 1. The third kappa shape index (κ3) is 4.73. The lowest BCUT2D eigenvalue weighted by Crippen LogP contribution is -2.13. The average molecular weight is 295 g/mol. The highest BCUT2D eigenvalue weighted by Gasteiger charge is 2.10. The van der Waals surface area contributed by atoms with Gasteiger partial charge in [0.05, 0.1) is 0 Å². The van der Waals surface area contributed by atoms with Crippen LogP contribution in [0.4, 0.5) is 5.69 Å². The van der Waals surface area contributed by atoms with Crippen LogP contribution in [-0.2, 0) is 11.2 Å². The van der Waals surface area contributed by atoms with E-state index in [4.69, 9.17) is 0 Å². The van der Waals surface area contributed by atoms with E-state index in [2.05, 4.69) is 37.4 Å². The molecule has 0 saturated heterocycles. The van der Waals surface area contributed by atoms with Gasteiger partial charge < -0.3 is 5.32 Å². The van der Waals surface area contributed by atoms with Crippen LogP contribution in [-0.4, -0.2) is 5.91 Å². The summed E-state index contributed by atoms with van der Waals surface area (Å²) in [5.41, 5.74) is 3.47. The Morgan fingerprint density at radius 2 is 1.73 bits per heavy atom. The Hall–Kier alpha value is -2.09. The summed E-state index contributed by atoms with van der Waals surface area (Å²) in [6, 6.07) is 18.4. The molecular formula is C20H25NO. The van der Waals surface area contributed by atoms with Crippen molar-refractivity contribution in [1.82, 2.24) is 0 Å². The highest BCUT2D eigenvalue weighted by molar-refractivity contribution is 5.91. The monoisotopic (exact) mass is 295 g/mol. The molecular weight excluding hydrogens is 270 g/mol. The number of benzene rings is 2. The number of aryl methyl sites for hydroxylation is 1. The maximum Gasteiger partial charge on any atom is 0.224 e. The van der Waals surface area contributed by atoms with Crippen molar-refractivity contribution in [2.24, 2.45) is 0 Å². The zero-order valence-electron chi connectivity index (χ0n) is 13.5. The molecule has 0 aliphatic rings. The minimum Gasteiger partial charge on any atom is -0.326 e. The van der Waals surface area contributed by atoms with E-state index in [1.807, 2.05) is 36.4 Å². The zero-order chi connectivity index (χ0) is 15.8. The van der Waals surface area contributed by atoms with Crippen molar-refractivity contribution < 1.29 is 4.79 Å². The van der Waals surface area contributed by atoms with Gasteiger partial charge in [0, 0.05) is 12.1 Å². The van der Waals surface area contributed by atoms with Gasteiger partial charge >= 0.3 is 0 Å². The van der Waals surface area contributed by atoms with Crippen molar-refractivity contribution in [3.05, 3.63) is 65.7 Å². The fraction of sp³-hybridized carbons (Fsp3) is 0.350. The first-order chi connectivity index (χ1) is 10.7. The van der Waals surface area contributed by atoms with E-state index < -0.39 is 0 Å². The van der Waals surface area contributed by atoms with Crippen LogP contribution < -0.4 is 5.32 Å². The van der Waals surface area contributed by atoms with Crippen molar-refractivity contribution >= 4 is 11.6 Å². The standard InChI is InChI=1S/C20H25NO/c1-3-16(2)18-13-7-8-14-19(18)21-20(22)15-9-12-17-10-5-4-6-11-17/h4-8,10-11,13-14,16H,3,9,12,15H2,1-2H3,(H,21,22)/t16-/m1/s1. The number of carbonyl (C=O) groups excluding carboxylic acids is 1. The highest BCUT2D eigenvalue weighted by Crippen LogP contribution is 2.26. The van der Waals surface area contributed by atoms with E-state index in [1.165, 1.54) is 11.1 Å².